The molecule has 0 radical (unpaired) electrons. The molecule has 7 nitrogen and oxygen atoms in total. The third-order valence-corrected chi connectivity index (χ3v) is 5.32. The summed E-state index contributed by atoms with van der Waals surface area (Å²) in [6, 6.07) is 7.14. The number of unbranched alkanes of at least 4 members (excludes halogenated alkanes) is 2. The van der Waals surface area contributed by atoms with Gasteiger partial charge in [0.2, 0.25) is 11.8 Å². The Morgan fingerprint density at radius 2 is 1.72 bits per heavy atom. The molecule has 0 heterocycles. The SMILES string of the molecule is CCCCCNC(=O)C(c1ccc(CC)cc1)N(C(=O)CNC(=O)OC(C)(C)C)C1CC1. The lowest BCUT2D eigenvalue weighted by molar-refractivity contribution is -0.140. The highest BCUT2D eigenvalue weighted by molar-refractivity contribution is 5.90. The number of carbonyl (C=O) groups is 3. The number of ether oxygens (including phenoxy) is 1. The molecule has 2 rings (SSSR count). The third-order valence-electron chi connectivity index (χ3n) is 5.32. The van der Waals surface area contributed by atoms with E-state index in [1.54, 1.807) is 25.7 Å². The van der Waals surface area contributed by atoms with Gasteiger partial charge in [-0.05, 0) is 57.6 Å². The lowest BCUT2D eigenvalue weighted by Gasteiger charge is -2.32. The number of carbonyl (C=O) groups excluding carboxylic acids is 3. The number of aryl methyl sites for hydroxylation is 1. The van der Waals surface area contributed by atoms with Crippen LogP contribution in [0.15, 0.2) is 24.3 Å². The summed E-state index contributed by atoms with van der Waals surface area (Å²) < 4.78 is 5.24. The molecule has 0 saturated heterocycles. The minimum Gasteiger partial charge on any atom is -0.444 e. The lowest BCUT2D eigenvalue weighted by atomic mass is 10.0. The number of rotatable bonds is 11. The Balaban J connectivity index is 2.19. The molecular formula is C25H39N3O4. The molecular weight excluding hydrogens is 406 g/mol. The van der Waals surface area contributed by atoms with Gasteiger partial charge in [-0.3, -0.25) is 9.59 Å². The second-order valence-corrected chi connectivity index (χ2v) is 9.38. The summed E-state index contributed by atoms with van der Waals surface area (Å²) in [6.45, 7) is 9.87. The van der Waals surface area contributed by atoms with Crippen molar-refractivity contribution in [2.75, 3.05) is 13.1 Å². The van der Waals surface area contributed by atoms with Crippen LogP contribution in [0.4, 0.5) is 4.79 Å². The minimum absolute atomic E-state index is 0.000167. The number of alkyl carbamates (subject to hydrolysis) is 1. The molecule has 0 spiro atoms. The van der Waals surface area contributed by atoms with Crippen LogP contribution < -0.4 is 10.6 Å². The second-order valence-electron chi connectivity index (χ2n) is 9.38. The van der Waals surface area contributed by atoms with Crippen molar-refractivity contribution in [1.82, 2.24) is 15.5 Å². The zero-order chi connectivity index (χ0) is 23.7. The first-order valence-electron chi connectivity index (χ1n) is 11.8. The average Bonchev–Trinajstić information content (AvgIpc) is 3.57. The molecule has 1 aliphatic rings. The van der Waals surface area contributed by atoms with Gasteiger partial charge in [0.25, 0.3) is 0 Å². The summed E-state index contributed by atoms with van der Waals surface area (Å²) in [5.41, 5.74) is 1.31. The van der Waals surface area contributed by atoms with E-state index in [0.717, 1.165) is 44.1 Å². The van der Waals surface area contributed by atoms with E-state index in [2.05, 4.69) is 24.5 Å². The van der Waals surface area contributed by atoms with Crippen LogP contribution in [-0.4, -0.2) is 47.5 Å². The quantitative estimate of drug-likeness (QED) is 0.502. The van der Waals surface area contributed by atoms with E-state index in [1.807, 2.05) is 24.3 Å². The molecule has 32 heavy (non-hydrogen) atoms. The average molecular weight is 446 g/mol. The molecule has 1 aliphatic carbocycles. The van der Waals surface area contributed by atoms with Crippen molar-refractivity contribution >= 4 is 17.9 Å². The predicted molar refractivity (Wildman–Crippen MR) is 125 cm³/mol. The maximum atomic E-state index is 13.2. The zero-order valence-electron chi connectivity index (χ0n) is 20.2. The first kappa shape index (κ1) is 25.7. The summed E-state index contributed by atoms with van der Waals surface area (Å²) >= 11 is 0. The molecule has 1 aromatic rings. The molecule has 1 fully saturated rings. The first-order chi connectivity index (χ1) is 15.2. The predicted octanol–water partition coefficient (Wildman–Crippen LogP) is 4.11. The van der Waals surface area contributed by atoms with Gasteiger partial charge in [0, 0.05) is 12.6 Å². The number of nitrogens with one attached hydrogen (secondary N) is 2. The number of hydrogen-bond acceptors (Lipinski definition) is 4. The van der Waals surface area contributed by atoms with Crippen LogP contribution >= 0.6 is 0 Å². The van der Waals surface area contributed by atoms with Gasteiger partial charge in [0.15, 0.2) is 0 Å². The topological polar surface area (TPSA) is 87.7 Å². The van der Waals surface area contributed by atoms with Crippen molar-refractivity contribution < 1.29 is 19.1 Å². The lowest BCUT2D eigenvalue weighted by Crippen LogP contribution is -2.49. The van der Waals surface area contributed by atoms with Crippen LogP contribution in [0.2, 0.25) is 0 Å². The van der Waals surface area contributed by atoms with Crippen LogP contribution in [0.5, 0.6) is 0 Å². The van der Waals surface area contributed by atoms with Crippen molar-refractivity contribution in [3.8, 4) is 0 Å². The van der Waals surface area contributed by atoms with Gasteiger partial charge in [0.05, 0.1) is 0 Å². The van der Waals surface area contributed by atoms with E-state index in [4.69, 9.17) is 4.74 Å². The molecule has 1 aromatic carbocycles. The smallest absolute Gasteiger partial charge is 0.408 e. The molecule has 0 bridgehead atoms. The summed E-state index contributed by atoms with van der Waals surface area (Å²) in [5, 5.41) is 5.56. The van der Waals surface area contributed by atoms with Crippen LogP contribution in [0.25, 0.3) is 0 Å². The van der Waals surface area contributed by atoms with Crippen molar-refractivity contribution in [3.63, 3.8) is 0 Å². The largest absolute Gasteiger partial charge is 0.444 e. The van der Waals surface area contributed by atoms with E-state index in [0.29, 0.717) is 6.54 Å². The molecule has 0 aliphatic heterocycles. The molecule has 178 valence electrons. The van der Waals surface area contributed by atoms with E-state index in [9.17, 15) is 14.4 Å². The van der Waals surface area contributed by atoms with E-state index < -0.39 is 17.7 Å². The number of amides is 3. The van der Waals surface area contributed by atoms with Gasteiger partial charge < -0.3 is 20.3 Å². The Labute approximate surface area is 192 Å². The Morgan fingerprint density at radius 1 is 1.06 bits per heavy atom. The Hall–Kier alpha value is -2.57. The third kappa shape index (κ3) is 8.17. The summed E-state index contributed by atoms with van der Waals surface area (Å²) in [5.74, 6) is -0.463. The van der Waals surface area contributed by atoms with Gasteiger partial charge in [-0.25, -0.2) is 4.79 Å². The Bertz CT molecular complexity index is 766. The molecule has 1 unspecified atom stereocenters. The normalized spacial score (nSPS) is 14.4. The van der Waals surface area contributed by atoms with E-state index >= 15 is 0 Å². The Kier molecular flexibility index (Phi) is 9.54. The Morgan fingerprint density at radius 3 is 2.25 bits per heavy atom. The summed E-state index contributed by atoms with van der Waals surface area (Å²) in [7, 11) is 0. The maximum absolute atomic E-state index is 13.2. The number of nitrogens with zero attached hydrogens (tertiary/aromatic N) is 1. The fourth-order valence-electron chi connectivity index (χ4n) is 3.52. The molecule has 0 aromatic heterocycles. The summed E-state index contributed by atoms with van der Waals surface area (Å²) in [6.07, 6.45) is 4.98. The molecule has 1 saturated carbocycles. The molecule has 3 amide bonds. The standard InChI is InChI=1S/C25H39N3O4/c1-6-8-9-16-26-23(30)22(19-12-10-18(7-2)11-13-19)28(20-14-15-20)21(29)17-27-24(31)32-25(3,4)5/h10-13,20,22H,6-9,14-17H2,1-5H3,(H,26,30)(H,27,31). The summed E-state index contributed by atoms with van der Waals surface area (Å²) in [4.78, 5) is 40.1. The zero-order valence-corrected chi connectivity index (χ0v) is 20.2. The minimum atomic E-state index is -0.719. The van der Waals surface area contributed by atoms with E-state index in [1.165, 1.54) is 5.56 Å². The van der Waals surface area contributed by atoms with Crippen molar-refractivity contribution in [2.45, 2.75) is 90.8 Å². The highest BCUT2D eigenvalue weighted by atomic mass is 16.6. The van der Waals surface area contributed by atoms with Crippen molar-refractivity contribution in [2.24, 2.45) is 0 Å². The fraction of sp³-hybridized carbons (Fsp3) is 0.640. The number of hydrogen-bond donors (Lipinski definition) is 2. The van der Waals surface area contributed by atoms with Crippen LogP contribution in [-0.2, 0) is 20.7 Å². The molecule has 2 N–H and O–H groups in total. The van der Waals surface area contributed by atoms with Crippen molar-refractivity contribution in [1.29, 1.82) is 0 Å². The van der Waals surface area contributed by atoms with Gasteiger partial charge in [0.1, 0.15) is 18.2 Å². The van der Waals surface area contributed by atoms with Crippen LogP contribution in [0, 0.1) is 0 Å². The van der Waals surface area contributed by atoms with Gasteiger partial charge in [-0.1, -0.05) is 51.0 Å². The highest BCUT2D eigenvalue weighted by Gasteiger charge is 2.41. The molecule has 1 atom stereocenters. The number of benzene rings is 1. The second kappa shape index (κ2) is 11.9. The highest BCUT2D eigenvalue weighted by Crippen LogP contribution is 2.35. The maximum Gasteiger partial charge on any atom is 0.408 e. The van der Waals surface area contributed by atoms with Gasteiger partial charge >= 0.3 is 6.09 Å². The van der Waals surface area contributed by atoms with Crippen molar-refractivity contribution in [3.05, 3.63) is 35.4 Å². The van der Waals surface area contributed by atoms with Crippen LogP contribution in [0.1, 0.15) is 83.9 Å². The van der Waals surface area contributed by atoms with Crippen LogP contribution in [0.3, 0.4) is 0 Å². The van der Waals surface area contributed by atoms with Gasteiger partial charge in [-0.15, -0.1) is 0 Å². The molecule has 7 heteroatoms. The first-order valence-corrected chi connectivity index (χ1v) is 11.8. The van der Waals surface area contributed by atoms with E-state index in [-0.39, 0.29) is 24.4 Å². The monoisotopic (exact) mass is 445 g/mol. The van der Waals surface area contributed by atoms with Gasteiger partial charge in [-0.2, -0.15) is 0 Å². The fourth-order valence-corrected chi connectivity index (χ4v) is 3.52.